The minimum absolute atomic E-state index is 0.207. The predicted molar refractivity (Wildman–Crippen MR) is 76.0 cm³/mol. The lowest BCUT2D eigenvalue weighted by molar-refractivity contribution is 0.251. The number of aryl methyl sites for hydroxylation is 2. The Bertz CT molecular complexity index is 547. The number of pyridine rings is 1. The standard InChI is InChI=1S/C15H17N3O/c1-11-7-12(2)9-14(8-11)18-15(19)17-10-13-3-5-16-6-4-13/h3-9H,10H2,1-2H3,(H2,17,18,19). The van der Waals surface area contributed by atoms with Gasteiger partial charge in [-0.25, -0.2) is 4.79 Å². The number of urea groups is 1. The first kappa shape index (κ1) is 13.1. The maximum absolute atomic E-state index is 11.8. The average Bonchev–Trinajstić information content (AvgIpc) is 2.36. The fourth-order valence-electron chi connectivity index (χ4n) is 1.91. The van der Waals surface area contributed by atoms with Gasteiger partial charge in [0.15, 0.2) is 0 Å². The number of nitrogens with one attached hydrogen (secondary N) is 2. The summed E-state index contributed by atoms with van der Waals surface area (Å²) < 4.78 is 0. The summed E-state index contributed by atoms with van der Waals surface area (Å²) in [6.07, 6.45) is 3.41. The van der Waals surface area contributed by atoms with Gasteiger partial charge in [0.1, 0.15) is 0 Å². The quantitative estimate of drug-likeness (QED) is 0.885. The molecule has 0 atom stereocenters. The Morgan fingerprint density at radius 3 is 2.37 bits per heavy atom. The molecule has 1 aromatic carbocycles. The molecule has 1 aromatic heterocycles. The summed E-state index contributed by atoms with van der Waals surface area (Å²) >= 11 is 0. The summed E-state index contributed by atoms with van der Waals surface area (Å²) in [4.78, 5) is 15.7. The number of hydrogen-bond acceptors (Lipinski definition) is 2. The summed E-state index contributed by atoms with van der Waals surface area (Å²) in [6.45, 7) is 4.50. The number of nitrogens with zero attached hydrogens (tertiary/aromatic N) is 1. The summed E-state index contributed by atoms with van der Waals surface area (Å²) in [5, 5.41) is 5.64. The third-order valence-corrected chi connectivity index (χ3v) is 2.68. The monoisotopic (exact) mass is 255 g/mol. The van der Waals surface area contributed by atoms with Gasteiger partial charge in [0.2, 0.25) is 0 Å². The van der Waals surface area contributed by atoms with E-state index in [0.29, 0.717) is 6.54 Å². The second kappa shape index (κ2) is 6.00. The van der Waals surface area contributed by atoms with Gasteiger partial charge in [0.25, 0.3) is 0 Å². The Morgan fingerprint density at radius 1 is 1.11 bits per heavy atom. The van der Waals surface area contributed by atoms with Crippen molar-refractivity contribution in [1.82, 2.24) is 10.3 Å². The van der Waals surface area contributed by atoms with Crippen LogP contribution in [-0.4, -0.2) is 11.0 Å². The number of aromatic nitrogens is 1. The zero-order valence-corrected chi connectivity index (χ0v) is 11.1. The summed E-state index contributed by atoms with van der Waals surface area (Å²) in [6, 6.07) is 9.49. The smallest absolute Gasteiger partial charge is 0.319 e. The van der Waals surface area contributed by atoms with E-state index in [1.165, 1.54) is 0 Å². The van der Waals surface area contributed by atoms with Gasteiger partial charge in [-0.2, -0.15) is 0 Å². The Kier molecular flexibility index (Phi) is 4.13. The molecule has 2 N–H and O–H groups in total. The SMILES string of the molecule is Cc1cc(C)cc(NC(=O)NCc2ccncc2)c1. The molecule has 0 aliphatic heterocycles. The van der Waals surface area contributed by atoms with E-state index in [1.807, 2.05) is 38.1 Å². The van der Waals surface area contributed by atoms with Crippen molar-refractivity contribution < 1.29 is 4.79 Å². The highest BCUT2D eigenvalue weighted by atomic mass is 16.2. The molecule has 0 spiro atoms. The Balaban J connectivity index is 1.91. The zero-order valence-electron chi connectivity index (χ0n) is 11.1. The summed E-state index contributed by atoms with van der Waals surface area (Å²) in [5.41, 5.74) is 4.09. The molecule has 2 amide bonds. The van der Waals surface area contributed by atoms with Gasteiger partial charge >= 0.3 is 6.03 Å². The van der Waals surface area contributed by atoms with E-state index in [9.17, 15) is 4.79 Å². The number of rotatable bonds is 3. The minimum Gasteiger partial charge on any atom is -0.334 e. The van der Waals surface area contributed by atoms with Crippen LogP contribution in [0.15, 0.2) is 42.7 Å². The first-order valence-corrected chi connectivity index (χ1v) is 6.15. The molecule has 98 valence electrons. The second-order valence-electron chi connectivity index (χ2n) is 4.54. The van der Waals surface area contributed by atoms with Gasteiger partial charge in [-0.3, -0.25) is 4.98 Å². The van der Waals surface area contributed by atoms with E-state index in [4.69, 9.17) is 0 Å². The molecule has 0 aliphatic rings. The minimum atomic E-state index is -0.207. The highest BCUT2D eigenvalue weighted by Crippen LogP contribution is 2.13. The van der Waals surface area contributed by atoms with Crippen LogP contribution in [0.1, 0.15) is 16.7 Å². The molecule has 4 heteroatoms. The lowest BCUT2D eigenvalue weighted by atomic mass is 10.1. The second-order valence-corrected chi connectivity index (χ2v) is 4.54. The molecule has 2 aromatic rings. The third kappa shape index (κ3) is 4.10. The molecule has 0 aliphatic carbocycles. The number of anilines is 1. The molecular formula is C15H17N3O. The van der Waals surface area contributed by atoms with Crippen molar-refractivity contribution in [3.8, 4) is 0 Å². The molecule has 0 bridgehead atoms. The van der Waals surface area contributed by atoms with Crippen molar-refractivity contribution >= 4 is 11.7 Å². The summed E-state index contributed by atoms with van der Waals surface area (Å²) in [7, 11) is 0. The largest absolute Gasteiger partial charge is 0.334 e. The van der Waals surface area contributed by atoms with Crippen molar-refractivity contribution in [1.29, 1.82) is 0 Å². The van der Waals surface area contributed by atoms with Crippen LogP contribution in [-0.2, 0) is 6.54 Å². The van der Waals surface area contributed by atoms with Crippen LogP contribution in [0.4, 0.5) is 10.5 Å². The Labute approximate surface area is 112 Å². The zero-order chi connectivity index (χ0) is 13.7. The Hall–Kier alpha value is -2.36. The fraction of sp³-hybridized carbons (Fsp3) is 0.200. The molecule has 4 nitrogen and oxygen atoms in total. The van der Waals surface area contributed by atoms with E-state index in [-0.39, 0.29) is 6.03 Å². The van der Waals surface area contributed by atoms with Crippen LogP contribution in [0.5, 0.6) is 0 Å². The topological polar surface area (TPSA) is 54.0 Å². The van der Waals surface area contributed by atoms with Gasteiger partial charge in [0.05, 0.1) is 0 Å². The maximum Gasteiger partial charge on any atom is 0.319 e. The van der Waals surface area contributed by atoms with E-state index < -0.39 is 0 Å². The van der Waals surface area contributed by atoms with Gasteiger partial charge < -0.3 is 10.6 Å². The lowest BCUT2D eigenvalue weighted by Gasteiger charge is -2.09. The average molecular weight is 255 g/mol. The van der Waals surface area contributed by atoms with Crippen LogP contribution in [0.3, 0.4) is 0 Å². The van der Waals surface area contributed by atoms with Gasteiger partial charge in [-0.05, 0) is 54.8 Å². The number of benzene rings is 1. The fourth-order valence-corrected chi connectivity index (χ4v) is 1.91. The third-order valence-electron chi connectivity index (χ3n) is 2.68. The molecule has 2 rings (SSSR count). The number of amides is 2. The van der Waals surface area contributed by atoms with Crippen molar-refractivity contribution in [2.75, 3.05) is 5.32 Å². The maximum atomic E-state index is 11.8. The van der Waals surface area contributed by atoms with Crippen LogP contribution in [0, 0.1) is 13.8 Å². The van der Waals surface area contributed by atoms with E-state index in [1.54, 1.807) is 12.4 Å². The normalized spacial score (nSPS) is 10.0. The van der Waals surface area contributed by atoms with E-state index in [0.717, 1.165) is 22.4 Å². The molecule has 0 saturated heterocycles. The summed E-state index contributed by atoms with van der Waals surface area (Å²) in [5.74, 6) is 0. The van der Waals surface area contributed by atoms with Gasteiger partial charge in [-0.15, -0.1) is 0 Å². The van der Waals surface area contributed by atoms with E-state index in [2.05, 4.69) is 21.7 Å². The molecule has 19 heavy (non-hydrogen) atoms. The first-order chi connectivity index (χ1) is 9.13. The number of carbonyl (C=O) groups excluding carboxylic acids is 1. The predicted octanol–water partition coefficient (Wildman–Crippen LogP) is 3.02. The molecule has 0 unspecified atom stereocenters. The molecule has 1 heterocycles. The van der Waals surface area contributed by atoms with Crippen LogP contribution >= 0.6 is 0 Å². The molecular weight excluding hydrogens is 238 g/mol. The van der Waals surface area contributed by atoms with Crippen LogP contribution in [0.2, 0.25) is 0 Å². The van der Waals surface area contributed by atoms with Crippen molar-refractivity contribution in [2.45, 2.75) is 20.4 Å². The molecule has 0 saturated carbocycles. The highest BCUT2D eigenvalue weighted by molar-refractivity contribution is 5.89. The highest BCUT2D eigenvalue weighted by Gasteiger charge is 2.02. The van der Waals surface area contributed by atoms with E-state index >= 15 is 0 Å². The first-order valence-electron chi connectivity index (χ1n) is 6.15. The van der Waals surface area contributed by atoms with Crippen molar-refractivity contribution in [3.05, 3.63) is 59.4 Å². The Morgan fingerprint density at radius 2 is 1.74 bits per heavy atom. The van der Waals surface area contributed by atoms with Crippen molar-refractivity contribution in [3.63, 3.8) is 0 Å². The van der Waals surface area contributed by atoms with Crippen LogP contribution in [0.25, 0.3) is 0 Å². The van der Waals surface area contributed by atoms with Gasteiger partial charge in [-0.1, -0.05) is 6.07 Å². The molecule has 0 fully saturated rings. The lowest BCUT2D eigenvalue weighted by Crippen LogP contribution is -2.28. The van der Waals surface area contributed by atoms with Gasteiger partial charge in [0, 0.05) is 24.6 Å². The van der Waals surface area contributed by atoms with Crippen LogP contribution < -0.4 is 10.6 Å². The number of carbonyl (C=O) groups is 1. The molecule has 0 radical (unpaired) electrons. The van der Waals surface area contributed by atoms with Crippen molar-refractivity contribution in [2.24, 2.45) is 0 Å². The number of hydrogen-bond donors (Lipinski definition) is 2.